The van der Waals surface area contributed by atoms with E-state index < -0.39 is 0 Å². The van der Waals surface area contributed by atoms with Crippen molar-refractivity contribution < 1.29 is 4.52 Å². The number of hydrogen-bond acceptors (Lipinski definition) is 4. The lowest BCUT2D eigenvalue weighted by Gasteiger charge is -2.00. The molecule has 4 aromatic rings. The molecule has 0 aliphatic heterocycles. The number of nitrogens with zero attached hydrogens (tertiary/aromatic N) is 3. The zero-order chi connectivity index (χ0) is 15.3. The molecule has 0 aliphatic rings. The minimum atomic E-state index is 0.810. The van der Waals surface area contributed by atoms with Crippen molar-refractivity contribution in [2.75, 3.05) is 0 Å². The van der Waals surface area contributed by atoms with E-state index in [-0.39, 0.29) is 0 Å². The summed E-state index contributed by atoms with van der Waals surface area (Å²) in [5.74, 6) is 0.810. The van der Waals surface area contributed by atoms with E-state index in [2.05, 4.69) is 39.2 Å². The molecule has 0 amide bonds. The first-order valence-corrected chi connectivity index (χ1v) is 7.37. The molecular formula is C17H16N4O. The highest BCUT2D eigenvalue weighted by molar-refractivity contribution is 6.05. The number of H-pyrrole nitrogens is 1. The summed E-state index contributed by atoms with van der Waals surface area (Å²) < 4.78 is 5.25. The highest BCUT2D eigenvalue weighted by Gasteiger charge is 2.14. The average Bonchev–Trinajstić information content (AvgIpc) is 3.05. The molecule has 0 fully saturated rings. The number of pyridine rings is 2. The molecule has 4 rings (SSSR count). The van der Waals surface area contributed by atoms with Gasteiger partial charge in [0.15, 0.2) is 0 Å². The molecule has 0 atom stereocenters. The molecule has 0 aromatic carbocycles. The molecule has 5 heteroatoms. The molecule has 4 aromatic heterocycles. The zero-order valence-corrected chi connectivity index (χ0v) is 12.8. The van der Waals surface area contributed by atoms with Crippen LogP contribution >= 0.6 is 0 Å². The minimum absolute atomic E-state index is 0.810. The van der Waals surface area contributed by atoms with Crippen LogP contribution < -0.4 is 0 Å². The van der Waals surface area contributed by atoms with E-state index in [4.69, 9.17) is 4.52 Å². The van der Waals surface area contributed by atoms with Gasteiger partial charge < -0.3 is 9.51 Å². The van der Waals surface area contributed by atoms with E-state index in [0.29, 0.717) is 0 Å². The Morgan fingerprint density at radius 1 is 1.09 bits per heavy atom. The van der Waals surface area contributed by atoms with Crippen LogP contribution in [0.1, 0.15) is 24.1 Å². The smallest absolute Gasteiger partial charge is 0.141 e. The molecule has 110 valence electrons. The van der Waals surface area contributed by atoms with Gasteiger partial charge in [-0.05, 0) is 32.4 Å². The lowest BCUT2D eigenvalue weighted by Crippen LogP contribution is -1.85. The summed E-state index contributed by atoms with van der Waals surface area (Å²) in [6.45, 7) is 5.96. The van der Waals surface area contributed by atoms with Gasteiger partial charge in [-0.25, -0.2) is 0 Å². The first-order chi connectivity index (χ1) is 10.7. The maximum atomic E-state index is 5.25. The Kier molecular flexibility index (Phi) is 2.76. The molecule has 0 aliphatic carbocycles. The number of nitrogens with one attached hydrogen (secondary N) is 1. The summed E-state index contributed by atoms with van der Waals surface area (Å²) >= 11 is 0. The van der Waals surface area contributed by atoms with E-state index in [1.165, 1.54) is 0 Å². The summed E-state index contributed by atoms with van der Waals surface area (Å²) in [6, 6.07) is 4.19. The summed E-state index contributed by atoms with van der Waals surface area (Å²) in [5.41, 5.74) is 7.00. The predicted molar refractivity (Wildman–Crippen MR) is 85.7 cm³/mol. The molecular weight excluding hydrogens is 276 g/mol. The molecule has 22 heavy (non-hydrogen) atoms. The fourth-order valence-electron chi connectivity index (χ4n) is 2.94. The summed E-state index contributed by atoms with van der Waals surface area (Å²) in [6.07, 6.45) is 4.69. The van der Waals surface area contributed by atoms with Crippen molar-refractivity contribution in [3.8, 4) is 11.1 Å². The Morgan fingerprint density at radius 3 is 2.68 bits per heavy atom. The van der Waals surface area contributed by atoms with Gasteiger partial charge in [0.2, 0.25) is 0 Å². The van der Waals surface area contributed by atoms with Crippen LogP contribution in [0.2, 0.25) is 0 Å². The van der Waals surface area contributed by atoms with Gasteiger partial charge in [0, 0.05) is 34.6 Å². The Bertz CT molecular complexity index is 977. The van der Waals surface area contributed by atoms with Crippen molar-refractivity contribution in [1.29, 1.82) is 0 Å². The molecule has 0 spiro atoms. The third-order valence-electron chi connectivity index (χ3n) is 4.06. The van der Waals surface area contributed by atoms with Gasteiger partial charge in [-0.1, -0.05) is 12.1 Å². The van der Waals surface area contributed by atoms with Crippen LogP contribution in [-0.4, -0.2) is 20.1 Å². The first-order valence-electron chi connectivity index (χ1n) is 7.37. The molecule has 4 heterocycles. The highest BCUT2D eigenvalue weighted by atomic mass is 16.5. The van der Waals surface area contributed by atoms with Crippen LogP contribution in [0.3, 0.4) is 0 Å². The molecule has 0 saturated heterocycles. The monoisotopic (exact) mass is 292 g/mol. The number of aromatic amines is 1. The van der Waals surface area contributed by atoms with Crippen LogP contribution in [0.15, 0.2) is 29.0 Å². The first kappa shape index (κ1) is 13.0. The lowest BCUT2D eigenvalue weighted by atomic mass is 10.1. The van der Waals surface area contributed by atoms with Crippen molar-refractivity contribution in [1.82, 2.24) is 20.1 Å². The summed E-state index contributed by atoms with van der Waals surface area (Å²) in [4.78, 5) is 12.5. The molecule has 0 unspecified atom stereocenters. The van der Waals surface area contributed by atoms with Crippen LogP contribution in [0.5, 0.6) is 0 Å². The van der Waals surface area contributed by atoms with Gasteiger partial charge in [-0.3, -0.25) is 9.97 Å². The van der Waals surface area contributed by atoms with E-state index in [1.54, 1.807) is 0 Å². The Morgan fingerprint density at radius 2 is 1.95 bits per heavy atom. The van der Waals surface area contributed by atoms with Crippen LogP contribution in [0, 0.1) is 13.8 Å². The third-order valence-corrected chi connectivity index (χ3v) is 4.06. The van der Waals surface area contributed by atoms with Crippen molar-refractivity contribution in [3.63, 3.8) is 0 Å². The van der Waals surface area contributed by atoms with Gasteiger partial charge in [-0.2, -0.15) is 0 Å². The fourth-order valence-corrected chi connectivity index (χ4v) is 2.94. The van der Waals surface area contributed by atoms with Gasteiger partial charge in [0.05, 0.1) is 22.2 Å². The standard InChI is InChI=1S/C17H16N4O/c1-4-12-6-14-13(8-18-12)17-15(20-14)5-11(7-19-17)16-9(2)21-22-10(16)3/h5-8,20H,4H2,1-3H3. The number of hydrogen-bond donors (Lipinski definition) is 1. The number of rotatable bonds is 2. The Balaban J connectivity index is 1.96. The molecule has 0 radical (unpaired) electrons. The quantitative estimate of drug-likeness (QED) is 0.607. The second-order valence-corrected chi connectivity index (χ2v) is 5.52. The predicted octanol–water partition coefficient (Wildman–Crippen LogP) is 3.95. The Hall–Kier alpha value is -2.69. The Labute approximate surface area is 127 Å². The van der Waals surface area contributed by atoms with E-state index in [1.807, 2.05) is 26.2 Å². The molecule has 0 bridgehead atoms. The topological polar surface area (TPSA) is 67.6 Å². The molecule has 1 N–H and O–H groups in total. The van der Waals surface area contributed by atoms with Gasteiger partial charge in [-0.15, -0.1) is 0 Å². The largest absolute Gasteiger partial charge is 0.361 e. The van der Waals surface area contributed by atoms with Crippen LogP contribution in [0.4, 0.5) is 0 Å². The normalized spacial score (nSPS) is 11.6. The lowest BCUT2D eigenvalue weighted by molar-refractivity contribution is 0.393. The average molecular weight is 292 g/mol. The SMILES string of the molecule is CCc1cc2[nH]c3cc(-c4c(C)noc4C)cnc3c2cn1. The van der Waals surface area contributed by atoms with Crippen molar-refractivity contribution in [2.24, 2.45) is 0 Å². The van der Waals surface area contributed by atoms with Crippen LogP contribution in [0.25, 0.3) is 33.1 Å². The van der Waals surface area contributed by atoms with Gasteiger partial charge in [0.25, 0.3) is 0 Å². The maximum Gasteiger partial charge on any atom is 0.141 e. The van der Waals surface area contributed by atoms with Crippen molar-refractivity contribution in [2.45, 2.75) is 27.2 Å². The van der Waals surface area contributed by atoms with Gasteiger partial charge >= 0.3 is 0 Å². The second kappa shape index (κ2) is 4.66. The highest BCUT2D eigenvalue weighted by Crippen LogP contribution is 2.30. The molecule has 0 saturated carbocycles. The van der Waals surface area contributed by atoms with E-state index in [9.17, 15) is 0 Å². The van der Waals surface area contributed by atoms with E-state index in [0.717, 1.165) is 56.6 Å². The summed E-state index contributed by atoms with van der Waals surface area (Å²) in [7, 11) is 0. The number of fused-ring (bicyclic) bond motifs is 3. The van der Waals surface area contributed by atoms with E-state index >= 15 is 0 Å². The summed E-state index contributed by atoms with van der Waals surface area (Å²) in [5, 5.41) is 5.07. The zero-order valence-electron chi connectivity index (χ0n) is 12.8. The van der Waals surface area contributed by atoms with Gasteiger partial charge in [0.1, 0.15) is 5.76 Å². The minimum Gasteiger partial charge on any atom is -0.361 e. The van der Waals surface area contributed by atoms with Crippen LogP contribution in [-0.2, 0) is 6.42 Å². The fraction of sp³-hybridized carbons (Fsp3) is 0.235. The number of aryl methyl sites for hydroxylation is 3. The van der Waals surface area contributed by atoms with Crippen molar-refractivity contribution >= 4 is 21.9 Å². The third kappa shape index (κ3) is 1.82. The number of aromatic nitrogens is 4. The van der Waals surface area contributed by atoms with Crippen molar-refractivity contribution in [3.05, 3.63) is 41.7 Å². The molecule has 5 nitrogen and oxygen atoms in total. The maximum absolute atomic E-state index is 5.25. The second-order valence-electron chi connectivity index (χ2n) is 5.52.